The van der Waals surface area contributed by atoms with Gasteiger partial charge in [0.15, 0.2) is 8.24 Å². The number of fused-ring (bicyclic) bond motifs is 3. The molecule has 0 N–H and O–H groups in total. The van der Waals surface area contributed by atoms with Crippen molar-refractivity contribution in [2.45, 2.75) is 111 Å². The van der Waals surface area contributed by atoms with E-state index >= 15 is 0 Å². The molecule has 0 aliphatic heterocycles. The zero-order chi connectivity index (χ0) is 22.7. The summed E-state index contributed by atoms with van der Waals surface area (Å²) >= 11 is 0. The van der Waals surface area contributed by atoms with E-state index in [2.05, 4.69) is 84.3 Å². The molecule has 7 atom stereocenters. The van der Waals surface area contributed by atoms with Gasteiger partial charge in [0.05, 0.1) is 0 Å². The van der Waals surface area contributed by atoms with Crippen molar-refractivity contribution in [3.63, 3.8) is 0 Å². The minimum atomic E-state index is -1.78. The van der Waals surface area contributed by atoms with Crippen LogP contribution in [0.5, 0.6) is 0 Å². The van der Waals surface area contributed by atoms with E-state index in [1.54, 1.807) is 5.69 Å². The van der Waals surface area contributed by atoms with Crippen LogP contribution in [0.4, 0.5) is 5.69 Å². The lowest BCUT2D eigenvalue weighted by Gasteiger charge is -2.55. The minimum Gasteiger partial charge on any atom is -0.393 e. The molecule has 0 aromatic heterocycles. The minimum absolute atomic E-state index is 0.148. The first-order valence-corrected chi connectivity index (χ1v) is 16.3. The lowest BCUT2D eigenvalue weighted by Crippen LogP contribution is -2.62. The zero-order valence-corrected chi connectivity index (χ0v) is 23.0. The average molecular weight is 440 g/mol. The Bertz CT molecular complexity index is 770. The molecule has 1 aromatic carbocycles. The van der Waals surface area contributed by atoms with E-state index in [0.717, 1.165) is 41.0 Å². The predicted octanol–water partition coefficient (Wildman–Crippen LogP) is 8.60. The number of hydrogen-bond acceptors (Lipinski definition) is 1. The number of nitrogens with zero attached hydrogens (tertiary/aromatic N) is 1. The fraction of sp³-hybridized carbons (Fsp3) is 0.793. The Labute approximate surface area is 194 Å². The van der Waals surface area contributed by atoms with Crippen molar-refractivity contribution in [2.75, 3.05) is 4.57 Å². The quantitative estimate of drug-likeness (QED) is 0.426. The Hall–Kier alpha value is -0.763. The molecule has 7 unspecified atom stereocenters. The van der Waals surface area contributed by atoms with E-state index in [4.69, 9.17) is 0 Å². The van der Waals surface area contributed by atoms with Crippen LogP contribution in [-0.2, 0) is 0 Å². The van der Waals surface area contributed by atoms with Crippen molar-refractivity contribution in [3.8, 4) is 0 Å². The van der Waals surface area contributed by atoms with Crippen LogP contribution in [0.1, 0.15) is 84.3 Å². The van der Waals surface area contributed by atoms with Gasteiger partial charge in [-0.15, -0.1) is 0 Å². The third-order valence-corrected chi connectivity index (χ3v) is 14.7. The summed E-state index contributed by atoms with van der Waals surface area (Å²) in [4.78, 5) is 0. The fourth-order valence-electron chi connectivity index (χ4n) is 9.25. The van der Waals surface area contributed by atoms with Gasteiger partial charge in [-0.1, -0.05) is 64.4 Å². The van der Waals surface area contributed by atoms with Crippen molar-refractivity contribution >= 4 is 13.9 Å². The molecule has 0 heterocycles. The summed E-state index contributed by atoms with van der Waals surface area (Å²) in [6.07, 6.45) is 9.07. The van der Waals surface area contributed by atoms with Crippen LogP contribution < -0.4 is 4.57 Å². The molecule has 0 radical (unpaired) electrons. The maximum absolute atomic E-state index is 2.98. The van der Waals surface area contributed by atoms with Crippen LogP contribution >= 0.6 is 0 Å². The van der Waals surface area contributed by atoms with Crippen LogP contribution in [0.3, 0.4) is 0 Å². The molecule has 3 saturated carbocycles. The van der Waals surface area contributed by atoms with E-state index in [-0.39, 0.29) is 5.54 Å². The first-order chi connectivity index (χ1) is 14.5. The lowest BCUT2D eigenvalue weighted by atomic mass is 9.61. The van der Waals surface area contributed by atoms with Gasteiger partial charge >= 0.3 is 0 Å². The Kier molecular flexibility index (Phi) is 6.21. The van der Waals surface area contributed by atoms with Gasteiger partial charge in [0.2, 0.25) is 0 Å². The summed E-state index contributed by atoms with van der Waals surface area (Å²) in [5.41, 5.74) is 5.51. The smallest absolute Gasteiger partial charge is 0.154 e. The second kappa shape index (κ2) is 8.23. The van der Waals surface area contributed by atoms with Gasteiger partial charge in [-0.2, -0.15) is 0 Å². The first kappa shape index (κ1) is 23.4. The van der Waals surface area contributed by atoms with Gasteiger partial charge in [-0.3, -0.25) is 0 Å². The molecule has 1 nitrogen and oxygen atoms in total. The lowest BCUT2D eigenvalue weighted by molar-refractivity contribution is 0.0501. The molecular weight excluding hydrogens is 390 g/mol. The molecule has 3 aliphatic carbocycles. The van der Waals surface area contributed by atoms with Crippen molar-refractivity contribution in [2.24, 2.45) is 35.5 Å². The first-order valence-electron chi connectivity index (χ1n) is 13.3. The maximum Gasteiger partial charge on any atom is 0.154 e. The number of aryl methyl sites for hydroxylation is 2. The number of benzene rings is 1. The number of hydrogen-bond donors (Lipinski definition) is 0. The molecule has 3 fully saturated rings. The highest BCUT2D eigenvalue weighted by Gasteiger charge is 2.59. The number of rotatable bonds is 3. The second-order valence-corrected chi connectivity index (χ2v) is 17.6. The number of anilines is 1. The molecule has 0 saturated heterocycles. The SMILES string of the molecule is Cc1cccc(C)c1N(C(C)(C)C)[Si](C)(C)C1C(C)C(C)C2C3CCCCC3CCC21. The molecule has 31 heavy (non-hydrogen) atoms. The van der Waals surface area contributed by atoms with Crippen LogP contribution in [-0.4, -0.2) is 13.8 Å². The highest BCUT2D eigenvalue weighted by Crippen LogP contribution is 2.64. The van der Waals surface area contributed by atoms with E-state index in [9.17, 15) is 0 Å². The molecule has 1 aromatic rings. The normalized spacial score (nSPS) is 36.1. The summed E-state index contributed by atoms with van der Waals surface area (Å²) in [5, 5.41) is 0. The summed E-state index contributed by atoms with van der Waals surface area (Å²) in [6.45, 7) is 22.8. The molecule has 0 spiro atoms. The molecule has 174 valence electrons. The van der Waals surface area contributed by atoms with Crippen molar-refractivity contribution < 1.29 is 0 Å². The largest absolute Gasteiger partial charge is 0.393 e. The Morgan fingerprint density at radius 3 is 2.06 bits per heavy atom. The molecule has 0 amide bonds. The van der Waals surface area contributed by atoms with Gasteiger partial charge in [0, 0.05) is 11.2 Å². The second-order valence-electron chi connectivity index (χ2n) is 13.2. The fourth-order valence-corrected chi connectivity index (χ4v) is 15.2. The van der Waals surface area contributed by atoms with Crippen LogP contribution in [0, 0.1) is 49.4 Å². The van der Waals surface area contributed by atoms with Crippen molar-refractivity contribution in [1.82, 2.24) is 0 Å². The van der Waals surface area contributed by atoms with E-state index in [1.165, 1.54) is 49.7 Å². The van der Waals surface area contributed by atoms with Crippen LogP contribution in [0.2, 0.25) is 18.6 Å². The third-order valence-electron chi connectivity index (χ3n) is 10.0. The van der Waals surface area contributed by atoms with Gasteiger partial charge in [-0.05, 0) is 106 Å². The highest BCUT2D eigenvalue weighted by atomic mass is 28.3. The zero-order valence-electron chi connectivity index (χ0n) is 22.0. The van der Waals surface area contributed by atoms with Crippen molar-refractivity contribution in [3.05, 3.63) is 29.3 Å². The molecule has 3 aliphatic rings. The predicted molar refractivity (Wildman–Crippen MR) is 139 cm³/mol. The molecule has 0 bridgehead atoms. The summed E-state index contributed by atoms with van der Waals surface area (Å²) in [5.74, 6) is 5.78. The van der Waals surface area contributed by atoms with Crippen LogP contribution in [0.15, 0.2) is 18.2 Å². The van der Waals surface area contributed by atoms with Gasteiger partial charge < -0.3 is 4.57 Å². The highest BCUT2D eigenvalue weighted by molar-refractivity contribution is 6.82. The van der Waals surface area contributed by atoms with Gasteiger partial charge in [-0.25, -0.2) is 0 Å². The number of para-hydroxylation sites is 1. The van der Waals surface area contributed by atoms with Crippen LogP contribution in [0.25, 0.3) is 0 Å². The summed E-state index contributed by atoms with van der Waals surface area (Å²) < 4.78 is 2.98. The standard InChI is InChI=1S/C29H49NSi/c1-19-13-12-14-20(2)27(19)30(29(5,6)7)31(8,9)28-22(4)21(3)26-24-16-11-10-15-23(24)17-18-25(26)28/h12-14,21-26,28H,10-11,15-18H2,1-9H3. The Morgan fingerprint density at radius 1 is 0.839 bits per heavy atom. The van der Waals surface area contributed by atoms with E-state index in [1.807, 2.05) is 0 Å². The van der Waals surface area contributed by atoms with Crippen molar-refractivity contribution in [1.29, 1.82) is 0 Å². The summed E-state index contributed by atoms with van der Waals surface area (Å²) in [6, 6.07) is 6.91. The Balaban J connectivity index is 1.77. The average Bonchev–Trinajstić information content (AvgIpc) is 2.95. The molecular formula is C29H49NSi. The Morgan fingerprint density at radius 2 is 1.45 bits per heavy atom. The molecule has 4 rings (SSSR count). The third kappa shape index (κ3) is 3.83. The monoisotopic (exact) mass is 439 g/mol. The topological polar surface area (TPSA) is 3.24 Å². The van der Waals surface area contributed by atoms with Gasteiger partial charge in [0.1, 0.15) is 0 Å². The van der Waals surface area contributed by atoms with E-state index < -0.39 is 8.24 Å². The molecule has 2 heteroatoms. The maximum atomic E-state index is 2.98. The van der Waals surface area contributed by atoms with Gasteiger partial charge in [0.25, 0.3) is 0 Å². The summed E-state index contributed by atoms with van der Waals surface area (Å²) in [7, 11) is -1.78. The van der Waals surface area contributed by atoms with E-state index in [0.29, 0.717) is 0 Å².